The molecule has 2 aromatic heterocycles. The van der Waals surface area contributed by atoms with E-state index in [2.05, 4.69) is 9.97 Å². The van der Waals surface area contributed by atoms with Gasteiger partial charge in [0.1, 0.15) is 12.1 Å². The topological polar surface area (TPSA) is 79.5 Å². The average molecular weight is 249 g/mol. The quantitative estimate of drug-likeness (QED) is 0.884. The Bertz CT molecular complexity index is 538. The molecule has 1 N–H and O–H groups in total. The zero-order chi connectivity index (χ0) is 13.3. The lowest BCUT2D eigenvalue weighted by atomic mass is 10.1. The third-order valence-corrected chi connectivity index (χ3v) is 2.57. The van der Waals surface area contributed by atoms with Crippen molar-refractivity contribution < 1.29 is 14.3 Å². The van der Waals surface area contributed by atoms with Gasteiger partial charge in [-0.1, -0.05) is 0 Å². The molecule has 0 unspecified atom stereocenters. The minimum Gasteiger partial charge on any atom is -0.465 e. The number of carbonyl (C=O) groups is 1. The number of fused-ring (bicyclic) bond motifs is 1. The van der Waals surface area contributed by atoms with Crippen LogP contribution < -0.4 is 0 Å². The van der Waals surface area contributed by atoms with Crippen LogP contribution in [-0.2, 0) is 6.54 Å². The van der Waals surface area contributed by atoms with Gasteiger partial charge < -0.3 is 9.52 Å². The molecule has 0 fully saturated rings. The molecule has 6 heteroatoms. The molecule has 2 rings (SSSR count). The van der Waals surface area contributed by atoms with Gasteiger partial charge in [0.15, 0.2) is 5.58 Å². The first kappa shape index (κ1) is 12.3. The number of hydrogen-bond donors (Lipinski definition) is 1. The van der Waals surface area contributed by atoms with E-state index in [-0.39, 0.29) is 6.54 Å². The second-order valence-corrected chi connectivity index (χ2v) is 4.99. The Labute approximate surface area is 104 Å². The molecule has 1 amide bonds. The molecule has 0 radical (unpaired) electrons. The van der Waals surface area contributed by atoms with Crippen LogP contribution in [0.1, 0.15) is 26.7 Å². The van der Waals surface area contributed by atoms with Crippen molar-refractivity contribution in [1.82, 2.24) is 14.9 Å². The summed E-state index contributed by atoms with van der Waals surface area (Å²) in [5.41, 5.74) is 0.732. The van der Waals surface area contributed by atoms with Crippen molar-refractivity contribution in [3.8, 4) is 0 Å². The molecule has 0 aliphatic heterocycles. The fourth-order valence-electron chi connectivity index (χ4n) is 1.62. The molecule has 0 aromatic carbocycles. The molecule has 96 valence electrons. The molecule has 0 aliphatic carbocycles. The number of hydrogen-bond acceptors (Lipinski definition) is 4. The van der Waals surface area contributed by atoms with E-state index >= 15 is 0 Å². The second-order valence-electron chi connectivity index (χ2n) is 4.99. The van der Waals surface area contributed by atoms with Gasteiger partial charge >= 0.3 is 6.09 Å². The van der Waals surface area contributed by atoms with Gasteiger partial charge in [-0.15, -0.1) is 0 Å². The van der Waals surface area contributed by atoms with Crippen LogP contribution in [0.2, 0.25) is 0 Å². The Hall–Kier alpha value is -2.11. The van der Waals surface area contributed by atoms with Crippen LogP contribution in [0.3, 0.4) is 0 Å². The number of carboxylic acid groups (broad SMARTS) is 1. The van der Waals surface area contributed by atoms with Crippen molar-refractivity contribution in [1.29, 1.82) is 0 Å². The molecule has 0 atom stereocenters. The van der Waals surface area contributed by atoms with E-state index in [0.29, 0.717) is 17.0 Å². The summed E-state index contributed by atoms with van der Waals surface area (Å²) < 4.78 is 5.49. The van der Waals surface area contributed by atoms with Crippen molar-refractivity contribution >= 4 is 17.2 Å². The summed E-state index contributed by atoms with van der Waals surface area (Å²) in [6, 6.07) is 1.70. The Balaban J connectivity index is 2.29. The normalized spacial score (nSPS) is 11.7. The summed E-state index contributed by atoms with van der Waals surface area (Å²) in [5.74, 6) is 0.371. The molecule has 18 heavy (non-hydrogen) atoms. The van der Waals surface area contributed by atoms with Crippen LogP contribution in [0.4, 0.5) is 4.79 Å². The highest BCUT2D eigenvalue weighted by atomic mass is 16.4. The van der Waals surface area contributed by atoms with Crippen molar-refractivity contribution in [2.45, 2.75) is 32.9 Å². The van der Waals surface area contributed by atoms with Gasteiger partial charge in [-0.05, 0) is 20.8 Å². The number of pyridine rings is 1. The monoisotopic (exact) mass is 249 g/mol. The molecule has 0 aliphatic rings. The van der Waals surface area contributed by atoms with E-state index < -0.39 is 11.6 Å². The minimum absolute atomic E-state index is 0.119. The average Bonchev–Trinajstić information content (AvgIpc) is 2.66. The van der Waals surface area contributed by atoms with E-state index in [1.807, 2.05) is 20.8 Å². The van der Waals surface area contributed by atoms with E-state index in [1.54, 1.807) is 18.5 Å². The van der Waals surface area contributed by atoms with Crippen LogP contribution in [0, 0.1) is 0 Å². The fraction of sp³-hybridized carbons (Fsp3) is 0.417. The summed E-state index contributed by atoms with van der Waals surface area (Å²) in [6.07, 6.45) is 2.20. The maximum Gasteiger partial charge on any atom is 0.408 e. The molecule has 2 heterocycles. The molecule has 0 saturated carbocycles. The Kier molecular flexibility index (Phi) is 2.94. The number of rotatable bonds is 2. The first-order chi connectivity index (χ1) is 8.38. The lowest BCUT2D eigenvalue weighted by molar-refractivity contribution is 0.0898. The molecule has 2 aromatic rings. The second kappa shape index (κ2) is 4.29. The van der Waals surface area contributed by atoms with Gasteiger partial charge in [-0.25, -0.2) is 9.78 Å². The lowest BCUT2D eigenvalue weighted by Crippen LogP contribution is -2.44. The first-order valence-corrected chi connectivity index (χ1v) is 5.58. The maximum absolute atomic E-state index is 11.2. The molecule has 0 saturated heterocycles. The van der Waals surface area contributed by atoms with Crippen LogP contribution in [0.15, 0.2) is 22.9 Å². The largest absolute Gasteiger partial charge is 0.465 e. The number of amides is 1. The fourth-order valence-corrected chi connectivity index (χ4v) is 1.62. The zero-order valence-electron chi connectivity index (χ0n) is 10.5. The molecular formula is C12H15N3O3. The smallest absolute Gasteiger partial charge is 0.408 e. The number of nitrogens with zero attached hydrogens (tertiary/aromatic N) is 3. The highest BCUT2D eigenvalue weighted by Crippen LogP contribution is 2.20. The highest BCUT2D eigenvalue weighted by Gasteiger charge is 2.27. The Morgan fingerprint density at radius 3 is 2.78 bits per heavy atom. The SMILES string of the molecule is CC(C)(C)N(Cc1nc2cnccc2o1)C(=O)O. The van der Waals surface area contributed by atoms with Gasteiger partial charge in [0, 0.05) is 17.8 Å². The van der Waals surface area contributed by atoms with Gasteiger partial charge in [0.25, 0.3) is 0 Å². The van der Waals surface area contributed by atoms with Crippen LogP contribution in [0.5, 0.6) is 0 Å². The Morgan fingerprint density at radius 2 is 2.22 bits per heavy atom. The number of oxazole rings is 1. The van der Waals surface area contributed by atoms with Crippen molar-refractivity contribution in [2.24, 2.45) is 0 Å². The van der Waals surface area contributed by atoms with Gasteiger partial charge in [0.2, 0.25) is 5.89 Å². The summed E-state index contributed by atoms with van der Waals surface area (Å²) in [6.45, 7) is 5.59. The maximum atomic E-state index is 11.2. The molecule has 0 bridgehead atoms. The van der Waals surface area contributed by atoms with E-state index in [9.17, 15) is 9.90 Å². The van der Waals surface area contributed by atoms with Gasteiger partial charge in [-0.3, -0.25) is 9.88 Å². The molecule has 6 nitrogen and oxygen atoms in total. The zero-order valence-corrected chi connectivity index (χ0v) is 10.5. The summed E-state index contributed by atoms with van der Waals surface area (Å²) in [5, 5.41) is 9.19. The van der Waals surface area contributed by atoms with Crippen LogP contribution in [0.25, 0.3) is 11.1 Å². The van der Waals surface area contributed by atoms with Crippen molar-refractivity contribution in [3.05, 3.63) is 24.4 Å². The number of aromatic nitrogens is 2. The van der Waals surface area contributed by atoms with E-state index in [1.165, 1.54) is 4.90 Å². The van der Waals surface area contributed by atoms with E-state index in [0.717, 1.165) is 0 Å². The van der Waals surface area contributed by atoms with Gasteiger partial charge in [0.05, 0.1) is 6.20 Å². The summed E-state index contributed by atoms with van der Waals surface area (Å²) in [4.78, 5) is 20.6. The van der Waals surface area contributed by atoms with Crippen molar-refractivity contribution in [3.63, 3.8) is 0 Å². The molecule has 0 spiro atoms. The van der Waals surface area contributed by atoms with Crippen LogP contribution >= 0.6 is 0 Å². The van der Waals surface area contributed by atoms with Crippen molar-refractivity contribution in [2.75, 3.05) is 0 Å². The third kappa shape index (κ3) is 2.42. The predicted molar refractivity (Wildman–Crippen MR) is 65.1 cm³/mol. The minimum atomic E-state index is -0.997. The predicted octanol–water partition coefficient (Wildman–Crippen LogP) is 2.50. The summed E-state index contributed by atoms with van der Waals surface area (Å²) in [7, 11) is 0. The third-order valence-electron chi connectivity index (χ3n) is 2.57. The summed E-state index contributed by atoms with van der Waals surface area (Å²) >= 11 is 0. The lowest BCUT2D eigenvalue weighted by Gasteiger charge is -2.31. The van der Waals surface area contributed by atoms with E-state index in [4.69, 9.17) is 4.42 Å². The first-order valence-electron chi connectivity index (χ1n) is 5.58. The standard InChI is InChI=1S/C12H15N3O3/c1-12(2,3)15(11(16)17)7-10-14-8-6-13-5-4-9(8)18-10/h4-6H,7H2,1-3H3,(H,16,17). The van der Waals surface area contributed by atoms with Crippen LogP contribution in [-0.4, -0.2) is 31.6 Å². The Morgan fingerprint density at radius 1 is 1.50 bits per heavy atom. The highest BCUT2D eigenvalue weighted by molar-refractivity contribution is 5.71. The molecular weight excluding hydrogens is 234 g/mol. The van der Waals surface area contributed by atoms with Gasteiger partial charge in [-0.2, -0.15) is 0 Å².